The Hall–Kier alpha value is -2.87. The first kappa shape index (κ1) is 18.5. The lowest BCUT2D eigenvalue weighted by molar-refractivity contribution is 0.0303. The zero-order valence-corrected chi connectivity index (χ0v) is 16.0. The number of aromatic nitrogens is 2. The van der Waals surface area contributed by atoms with Gasteiger partial charge in [0.2, 0.25) is 0 Å². The van der Waals surface area contributed by atoms with Crippen LogP contribution in [0.2, 0.25) is 0 Å². The van der Waals surface area contributed by atoms with E-state index in [9.17, 15) is 9.59 Å². The minimum absolute atomic E-state index is 0.0164. The third-order valence-electron chi connectivity index (χ3n) is 5.11. The minimum Gasteiger partial charge on any atom is -0.491 e. The Kier molecular flexibility index (Phi) is 5.29. The van der Waals surface area contributed by atoms with Gasteiger partial charge in [-0.15, -0.1) is 0 Å². The number of aryl methyl sites for hydroxylation is 1. The number of rotatable bonds is 3. The highest BCUT2D eigenvalue weighted by molar-refractivity contribution is 5.95. The van der Waals surface area contributed by atoms with Crippen molar-refractivity contribution in [3.63, 3.8) is 0 Å². The first-order valence-electron chi connectivity index (χ1n) is 9.61. The summed E-state index contributed by atoms with van der Waals surface area (Å²) >= 11 is 0. The summed E-state index contributed by atoms with van der Waals surface area (Å²) in [7, 11) is 0. The van der Waals surface area contributed by atoms with Crippen molar-refractivity contribution in [2.24, 2.45) is 0 Å². The Balaban J connectivity index is 1.56. The number of amides is 2. The average Bonchev–Trinajstić information content (AvgIpc) is 3.12. The molecule has 4 rings (SSSR count). The fourth-order valence-electron chi connectivity index (χ4n) is 3.58. The SMILES string of the molecule is CCn1nccc1C(=O)N1CCOc2ccc(C(=O)N3CCOCC3)cc2C1. The van der Waals surface area contributed by atoms with E-state index in [1.54, 1.807) is 32.8 Å². The first-order chi connectivity index (χ1) is 13.7. The van der Waals surface area contributed by atoms with Gasteiger partial charge in [-0.05, 0) is 31.2 Å². The van der Waals surface area contributed by atoms with Crippen LogP contribution in [0, 0.1) is 0 Å². The fraction of sp³-hybridized carbons (Fsp3) is 0.450. The van der Waals surface area contributed by atoms with Crippen LogP contribution in [-0.2, 0) is 17.8 Å². The molecule has 0 atom stereocenters. The van der Waals surface area contributed by atoms with Gasteiger partial charge in [0.15, 0.2) is 0 Å². The molecule has 2 amide bonds. The molecule has 148 valence electrons. The zero-order valence-electron chi connectivity index (χ0n) is 16.0. The van der Waals surface area contributed by atoms with Crippen LogP contribution < -0.4 is 4.74 Å². The van der Waals surface area contributed by atoms with Crippen molar-refractivity contribution in [1.29, 1.82) is 0 Å². The van der Waals surface area contributed by atoms with Crippen LogP contribution in [0.3, 0.4) is 0 Å². The average molecular weight is 384 g/mol. The summed E-state index contributed by atoms with van der Waals surface area (Å²) in [6.07, 6.45) is 1.64. The second-order valence-electron chi connectivity index (χ2n) is 6.83. The van der Waals surface area contributed by atoms with E-state index < -0.39 is 0 Å². The Morgan fingerprint density at radius 2 is 1.82 bits per heavy atom. The van der Waals surface area contributed by atoms with E-state index >= 15 is 0 Å². The molecular weight excluding hydrogens is 360 g/mol. The van der Waals surface area contributed by atoms with Gasteiger partial charge in [0, 0.05) is 43.5 Å². The van der Waals surface area contributed by atoms with Crippen LogP contribution in [0.5, 0.6) is 5.75 Å². The van der Waals surface area contributed by atoms with Gasteiger partial charge < -0.3 is 19.3 Å². The van der Waals surface area contributed by atoms with E-state index in [0.717, 1.165) is 11.3 Å². The number of morpholine rings is 1. The van der Waals surface area contributed by atoms with E-state index in [-0.39, 0.29) is 11.8 Å². The van der Waals surface area contributed by atoms with Gasteiger partial charge in [-0.1, -0.05) is 0 Å². The van der Waals surface area contributed by atoms with Crippen molar-refractivity contribution < 1.29 is 19.1 Å². The highest BCUT2D eigenvalue weighted by Crippen LogP contribution is 2.26. The number of nitrogens with zero attached hydrogens (tertiary/aromatic N) is 4. The van der Waals surface area contributed by atoms with Crippen molar-refractivity contribution in [2.75, 3.05) is 39.5 Å². The summed E-state index contributed by atoms with van der Waals surface area (Å²) < 4.78 is 12.8. The maximum Gasteiger partial charge on any atom is 0.272 e. The Bertz CT molecular complexity index is 873. The molecule has 8 heteroatoms. The number of hydrogen-bond donors (Lipinski definition) is 0. The maximum atomic E-state index is 13.0. The summed E-state index contributed by atoms with van der Waals surface area (Å²) in [4.78, 5) is 29.3. The molecule has 0 saturated carbocycles. The molecule has 0 aliphatic carbocycles. The number of carbonyl (C=O) groups excluding carboxylic acids is 2. The molecule has 2 aromatic rings. The second kappa shape index (κ2) is 8.02. The number of ether oxygens (including phenoxy) is 2. The van der Waals surface area contributed by atoms with Gasteiger partial charge in [0.1, 0.15) is 18.1 Å². The van der Waals surface area contributed by atoms with E-state index in [1.165, 1.54) is 0 Å². The van der Waals surface area contributed by atoms with Crippen LogP contribution in [0.25, 0.3) is 0 Å². The summed E-state index contributed by atoms with van der Waals surface area (Å²) in [5.74, 6) is 0.621. The number of hydrogen-bond acceptors (Lipinski definition) is 5. The smallest absolute Gasteiger partial charge is 0.272 e. The first-order valence-corrected chi connectivity index (χ1v) is 9.61. The largest absolute Gasteiger partial charge is 0.491 e. The van der Waals surface area contributed by atoms with Crippen LogP contribution in [0.15, 0.2) is 30.5 Å². The molecule has 0 radical (unpaired) electrons. The third kappa shape index (κ3) is 3.60. The lowest BCUT2D eigenvalue weighted by Gasteiger charge is -2.27. The fourth-order valence-corrected chi connectivity index (χ4v) is 3.58. The van der Waals surface area contributed by atoms with Gasteiger partial charge in [-0.2, -0.15) is 5.10 Å². The van der Waals surface area contributed by atoms with Crippen LogP contribution in [-0.4, -0.2) is 70.8 Å². The standard InChI is InChI=1S/C20H24N4O4/c1-2-24-17(5-6-21-24)20(26)23-9-12-28-18-4-3-15(13-16(18)14-23)19(25)22-7-10-27-11-8-22/h3-6,13H,2,7-12,14H2,1H3. The van der Waals surface area contributed by atoms with Crippen LogP contribution in [0.4, 0.5) is 0 Å². The van der Waals surface area contributed by atoms with Gasteiger partial charge in [0.25, 0.3) is 11.8 Å². The van der Waals surface area contributed by atoms with Crippen molar-refractivity contribution in [3.8, 4) is 5.75 Å². The second-order valence-corrected chi connectivity index (χ2v) is 6.83. The molecule has 0 N–H and O–H groups in total. The normalized spacial score (nSPS) is 16.9. The van der Waals surface area contributed by atoms with Crippen molar-refractivity contribution in [1.82, 2.24) is 19.6 Å². The highest BCUT2D eigenvalue weighted by atomic mass is 16.5. The molecule has 1 aromatic carbocycles. The summed E-state index contributed by atoms with van der Waals surface area (Å²) in [6, 6.07) is 7.19. The van der Waals surface area contributed by atoms with Gasteiger partial charge in [-0.25, -0.2) is 0 Å². The quantitative estimate of drug-likeness (QED) is 0.800. The third-order valence-corrected chi connectivity index (χ3v) is 5.11. The molecule has 0 unspecified atom stereocenters. The summed E-state index contributed by atoms with van der Waals surface area (Å²) in [6.45, 7) is 6.19. The molecule has 0 bridgehead atoms. The summed E-state index contributed by atoms with van der Waals surface area (Å²) in [5.41, 5.74) is 2.01. The number of benzene rings is 1. The molecule has 1 fully saturated rings. The van der Waals surface area contributed by atoms with Gasteiger partial charge in [0.05, 0.1) is 19.8 Å². The Morgan fingerprint density at radius 3 is 2.61 bits per heavy atom. The minimum atomic E-state index is -0.0827. The van der Waals surface area contributed by atoms with Crippen LogP contribution >= 0.6 is 0 Å². The molecule has 1 saturated heterocycles. The lowest BCUT2D eigenvalue weighted by atomic mass is 10.1. The predicted molar refractivity (Wildman–Crippen MR) is 101 cm³/mol. The number of fused-ring (bicyclic) bond motifs is 1. The van der Waals surface area contributed by atoms with E-state index in [2.05, 4.69) is 5.10 Å². The van der Waals surface area contributed by atoms with Gasteiger partial charge >= 0.3 is 0 Å². The van der Waals surface area contributed by atoms with E-state index in [1.807, 2.05) is 19.1 Å². The molecular formula is C20H24N4O4. The monoisotopic (exact) mass is 384 g/mol. The topological polar surface area (TPSA) is 76.9 Å². The number of carbonyl (C=O) groups is 2. The van der Waals surface area contributed by atoms with E-state index in [4.69, 9.17) is 9.47 Å². The Morgan fingerprint density at radius 1 is 1.04 bits per heavy atom. The van der Waals surface area contributed by atoms with Crippen molar-refractivity contribution in [2.45, 2.75) is 20.0 Å². The van der Waals surface area contributed by atoms with Gasteiger partial charge in [-0.3, -0.25) is 14.3 Å². The van der Waals surface area contributed by atoms with E-state index in [0.29, 0.717) is 63.8 Å². The molecule has 2 aliphatic heterocycles. The van der Waals surface area contributed by atoms with Crippen molar-refractivity contribution in [3.05, 3.63) is 47.3 Å². The molecule has 2 aliphatic rings. The van der Waals surface area contributed by atoms with Crippen molar-refractivity contribution >= 4 is 11.8 Å². The molecule has 3 heterocycles. The molecule has 0 spiro atoms. The molecule has 8 nitrogen and oxygen atoms in total. The predicted octanol–water partition coefficient (Wildman–Crippen LogP) is 1.41. The lowest BCUT2D eigenvalue weighted by Crippen LogP contribution is -2.40. The zero-order chi connectivity index (χ0) is 19.5. The highest BCUT2D eigenvalue weighted by Gasteiger charge is 2.25. The maximum absolute atomic E-state index is 13.0. The summed E-state index contributed by atoms with van der Waals surface area (Å²) in [5, 5.41) is 4.18. The van der Waals surface area contributed by atoms with Crippen LogP contribution in [0.1, 0.15) is 33.3 Å². The molecule has 1 aromatic heterocycles. The Labute approximate surface area is 163 Å². The molecule has 28 heavy (non-hydrogen) atoms.